The number of ether oxygens (including phenoxy) is 1. The summed E-state index contributed by atoms with van der Waals surface area (Å²) < 4.78 is 9.05. The van der Waals surface area contributed by atoms with E-state index in [1.54, 1.807) is 35.4 Å². The highest BCUT2D eigenvalue weighted by Crippen LogP contribution is 2.15. The van der Waals surface area contributed by atoms with Gasteiger partial charge in [-0.25, -0.2) is 14.5 Å². The molecule has 0 saturated carbocycles. The summed E-state index contributed by atoms with van der Waals surface area (Å²) in [5.41, 5.74) is 0.989. The number of rotatable bonds is 4. The highest BCUT2D eigenvalue weighted by molar-refractivity contribution is 5.87. The second kappa shape index (κ2) is 6.23. The number of aryl methyl sites for hydroxylation is 1. The van der Waals surface area contributed by atoms with E-state index in [9.17, 15) is 4.79 Å². The van der Waals surface area contributed by atoms with Crippen LogP contribution in [0.1, 0.15) is 35.0 Å². The Labute approximate surface area is 138 Å². The third-order valence-electron chi connectivity index (χ3n) is 3.99. The van der Waals surface area contributed by atoms with E-state index in [0.29, 0.717) is 5.82 Å². The molecular weight excluding hydrogens is 308 g/mol. The lowest BCUT2D eigenvalue weighted by molar-refractivity contribution is 0.0449. The van der Waals surface area contributed by atoms with Crippen LogP contribution >= 0.6 is 0 Å². The van der Waals surface area contributed by atoms with E-state index in [0.717, 1.165) is 37.3 Å². The second-order valence-electron chi connectivity index (χ2n) is 5.57. The van der Waals surface area contributed by atoms with Crippen molar-refractivity contribution in [1.82, 2.24) is 29.5 Å². The molecule has 0 radical (unpaired) electrons. The Morgan fingerprint density at radius 3 is 3.08 bits per heavy atom. The number of carbonyl (C=O) groups excluding carboxylic acids is 1. The van der Waals surface area contributed by atoms with Crippen molar-refractivity contribution in [1.29, 1.82) is 0 Å². The number of aromatic nitrogens is 6. The van der Waals surface area contributed by atoms with Crippen molar-refractivity contribution < 1.29 is 9.53 Å². The Kier molecular flexibility index (Phi) is 3.78. The molecule has 0 bridgehead atoms. The van der Waals surface area contributed by atoms with Crippen molar-refractivity contribution >= 4 is 5.97 Å². The molecule has 1 aliphatic heterocycles. The molecule has 24 heavy (non-hydrogen) atoms. The van der Waals surface area contributed by atoms with Crippen molar-refractivity contribution in [3.8, 4) is 5.69 Å². The van der Waals surface area contributed by atoms with Gasteiger partial charge in [0.05, 0.1) is 5.69 Å². The smallest absolute Gasteiger partial charge is 0.357 e. The van der Waals surface area contributed by atoms with Gasteiger partial charge in [0, 0.05) is 31.6 Å². The normalized spacial score (nSPS) is 13.5. The molecule has 8 nitrogen and oxygen atoms in total. The van der Waals surface area contributed by atoms with Gasteiger partial charge in [0.2, 0.25) is 0 Å². The van der Waals surface area contributed by atoms with Gasteiger partial charge in [-0.2, -0.15) is 5.10 Å². The van der Waals surface area contributed by atoms with Crippen LogP contribution in [0.3, 0.4) is 0 Å². The minimum absolute atomic E-state index is 0.0967. The molecule has 0 unspecified atom stereocenters. The average Bonchev–Trinajstić information content (AvgIpc) is 3.30. The van der Waals surface area contributed by atoms with Gasteiger partial charge in [0.25, 0.3) is 0 Å². The monoisotopic (exact) mass is 324 g/mol. The van der Waals surface area contributed by atoms with Crippen LogP contribution in [0.5, 0.6) is 0 Å². The van der Waals surface area contributed by atoms with E-state index < -0.39 is 5.97 Å². The zero-order valence-electron chi connectivity index (χ0n) is 13.0. The molecule has 122 valence electrons. The van der Waals surface area contributed by atoms with Crippen LogP contribution < -0.4 is 0 Å². The van der Waals surface area contributed by atoms with Gasteiger partial charge in [0.15, 0.2) is 18.1 Å². The zero-order valence-corrected chi connectivity index (χ0v) is 13.0. The fourth-order valence-corrected chi connectivity index (χ4v) is 2.77. The average molecular weight is 324 g/mol. The minimum Gasteiger partial charge on any atom is -0.453 e. The van der Waals surface area contributed by atoms with Crippen LogP contribution in [0.15, 0.2) is 36.8 Å². The number of hydrogen-bond acceptors (Lipinski definition) is 6. The third kappa shape index (κ3) is 2.78. The fourth-order valence-electron chi connectivity index (χ4n) is 2.77. The molecule has 4 rings (SSSR count). The Bertz CT molecular complexity index is 855. The maximum Gasteiger partial charge on any atom is 0.357 e. The standard InChI is InChI=1S/C16H16N6O2/c23-16(13-10-12(5-7-17-13)22-9-3-6-18-22)24-11-15-20-19-14-4-1-2-8-21(14)15/h3,5-7,9-10H,1-2,4,8,11H2. The maximum atomic E-state index is 12.3. The Morgan fingerprint density at radius 2 is 2.21 bits per heavy atom. The first-order chi connectivity index (χ1) is 11.8. The van der Waals surface area contributed by atoms with Crippen LogP contribution in [0.4, 0.5) is 0 Å². The lowest BCUT2D eigenvalue weighted by Gasteiger charge is -2.14. The van der Waals surface area contributed by atoms with Crippen LogP contribution in [-0.2, 0) is 24.3 Å². The van der Waals surface area contributed by atoms with Crippen LogP contribution in [0.2, 0.25) is 0 Å². The van der Waals surface area contributed by atoms with Crippen molar-refractivity contribution in [2.75, 3.05) is 0 Å². The predicted octanol–water partition coefficient (Wildman–Crippen LogP) is 1.55. The maximum absolute atomic E-state index is 12.3. The number of hydrogen-bond donors (Lipinski definition) is 0. The lowest BCUT2D eigenvalue weighted by Crippen LogP contribution is -2.15. The van der Waals surface area contributed by atoms with E-state index in [-0.39, 0.29) is 12.3 Å². The van der Waals surface area contributed by atoms with Gasteiger partial charge < -0.3 is 9.30 Å². The summed E-state index contributed by atoms with van der Waals surface area (Å²) in [5.74, 6) is 1.16. The molecule has 0 fully saturated rings. The first-order valence-corrected chi connectivity index (χ1v) is 7.85. The fraction of sp³-hybridized carbons (Fsp3) is 0.312. The summed E-state index contributed by atoms with van der Waals surface area (Å²) in [6.07, 6.45) is 8.18. The Morgan fingerprint density at radius 1 is 1.25 bits per heavy atom. The van der Waals surface area contributed by atoms with Crippen molar-refractivity contribution in [2.24, 2.45) is 0 Å². The molecule has 0 saturated heterocycles. The van der Waals surface area contributed by atoms with Gasteiger partial charge >= 0.3 is 5.97 Å². The van der Waals surface area contributed by atoms with Crippen LogP contribution in [-0.4, -0.2) is 35.5 Å². The molecule has 8 heteroatoms. The zero-order chi connectivity index (χ0) is 16.4. The SMILES string of the molecule is O=C(OCc1nnc2n1CCCC2)c1cc(-n2cccn2)ccn1. The first-order valence-electron chi connectivity index (χ1n) is 7.85. The summed E-state index contributed by atoms with van der Waals surface area (Å²) in [6.45, 7) is 0.974. The van der Waals surface area contributed by atoms with Gasteiger partial charge in [-0.05, 0) is 31.0 Å². The first kappa shape index (κ1) is 14.6. The number of esters is 1. The molecule has 0 N–H and O–H groups in total. The third-order valence-corrected chi connectivity index (χ3v) is 3.99. The highest BCUT2D eigenvalue weighted by atomic mass is 16.5. The largest absolute Gasteiger partial charge is 0.453 e. The van der Waals surface area contributed by atoms with Crippen LogP contribution in [0, 0.1) is 0 Å². The molecule has 0 aromatic carbocycles. The van der Waals surface area contributed by atoms with E-state index in [1.165, 1.54) is 0 Å². The van der Waals surface area contributed by atoms with E-state index in [2.05, 4.69) is 20.3 Å². The van der Waals surface area contributed by atoms with Gasteiger partial charge in [-0.15, -0.1) is 10.2 Å². The predicted molar refractivity (Wildman–Crippen MR) is 83.4 cm³/mol. The summed E-state index contributed by atoms with van der Waals surface area (Å²) in [5, 5.41) is 12.4. The van der Waals surface area contributed by atoms with Crippen molar-refractivity contribution in [3.63, 3.8) is 0 Å². The van der Waals surface area contributed by atoms with Crippen molar-refractivity contribution in [3.05, 3.63) is 54.1 Å². The molecule has 0 atom stereocenters. The number of fused-ring (bicyclic) bond motifs is 1. The Hall–Kier alpha value is -3.03. The molecule has 1 aliphatic rings. The summed E-state index contributed by atoms with van der Waals surface area (Å²) in [6, 6.07) is 5.24. The molecule has 0 spiro atoms. The van der Waals surface area contributed by atoms with Crippen LogP contribution in [0.25, 0.3) is 5.69 Å². The highest BCUT2D eigenvalue weighted by Gasteiger charge is 2.18. The minimum atomic E-state index is -0.489. The molecule has 4 heterocycles. The quantitative estimate of drug-likeness (QED) is 0.677. The van der Waals surface area contributed by atoms with Crippen molar-refractivity contribution in [2.45, 2.75) is 32.4 Å². The van der Waals surface area contributed by atoms with E-state index in [1.807, 2.05) is 10.6 Å². The van der Waals surface area contributed by atoms with E-state index >= 15 is 0 Å². The summed E-state index contributed by atoms with van der Waals surface area (Å²) >= 11 is 0. The Balaban J connectivity index is 1.47. The number of pyridine rings is 1. The van der Waals surface area contributed by atoms with Gasteiger partial charge in [0.1, 0.15) is 5.82 Å². The molecule has 0 amide bonds. The second-order valence-corrected chi connectivity index (χ2v) is 5.57. The summed E-state index contributed by atoms with van der Waals surface area (Å²) in [7, 11) is 0. The molecule has 3 aromatic heterocycles. The molecule has 3 aromatic rings. The lowest BCUT2D eigenvalue weighted by atomic mass is 10.2. The number of carbonyl (C=O) groups is 1. The summed E-state index contributed by atoms with van der Waals surface area (Å²) in [4.78, 5) is 16.3. The number of nitrogens with zero attached hydrogens (tertiary/aromatic N) is 6. The topological polar surface area (TPSA) is 87.7 Å². The van der Waals surface area contributed by atoms with E-state index in [4.69, 9.17) is 4.74 Å². The van der Waals surface area contributed by atoms with Gasteiger partial charge in [-0.1, -0.05) is 0 Å². The molecule has 0 aliphatic carbocycles. The molecular formula is C16H16N6O2. The van der Waals surface area contributed by atoms with Gasteiger partial charge in [-0.3, -0.25) is 0 Å².